The summed E-state index contributed by atoms with van der Waals surface area (Å²) in [6.45, 7) is 3.09. The van der Waals surface area contributed by atoms with Crippen LogP contribution in [0.2, 0.25) is 5.02 Å². The lowest BCUT2D eigenvalue weighted by molar-refractivity contribution is 0.786. The average Bonchev–Trinajstić information content (AvgIpc) is 2.93. The Hall–Kier alpha value is -0.830. The Kier molecular flexibility index (Phi) is 2.36. The standard InChI is InChI=1S/C9H12ClN3/c1-2-13(8-3-4-8)9-11-5-7(10)6-12-9/h5-6,8H,2-4H2,1H3. The molecule has 1 aromatic rings. The first-order chi connectivity index (χ1) is 6.31. The maximum atomic E-state index is 5.71. The summed E-state index contributed by atoms with van der Waals surface area (Å²) in [4.78, 5) is 10.6. The van der Waals surface area contributed by atoms with Crippen LogP contribution in [0.25, 0.3) is 0 Å². The first-order valence-electron chi connectivity index (χ1n) is 4.55. The van der Waals surface area contributed by atoms with E-state index in [-0.39, 0.29) is 0 Å². The molecule has 0 radical (unpaired) electrons. The van der Waals surface area contributed by atoms with Crippen LogP contribution >= 0.6 is 11.6 Å². The third-order valence-electron chi connectivity index (χ3n) is 2.19. The van der Waals surface area contributed by atoms with Crippen molar-refractivity contribution < 1.29 is 0 Å². The van der Waals surface area contributed by atoms with Crippen LogP contribution in [0.15, 0.2) is 12.4 Å². The first-order valence-corrected chi connectivity index (χ1v) is 4.93. The summed E-state index contributed by atoms with van der Waals surface area (Å²) in [6, 6.07) is 0.658. The van der Waals surface area contributed by atoms with Crippen molar-refractivity contribution in [2.75, 3.05) is 11.4 Å². The van der Waals surface area contributed by atoms with E-state index in [1.807, 2.05) is 0 Å². The monoisotopic (exact) mass is 197 g/mol. The van der Waals surface area contributed by atoms with Gasteiger partial charge in [-0.15, -0.1) is 0 Å². The van der Waals surface area contributed by atoms with Crippen molar-refractivity contribution in [3.05, 3.63) is 17.4 Å². The van der Waals surface area contributed by atoms with Crippen LogP contribution in [0.3, 0.4) is 0 Å². The molecule has 1 aliphatic rings. The minimum absolute atomic E-state index is 0.593. The second-order valence-electron chi connectivity index (χ2n) is 3.22. The molecule has 0 aromatic carbocycles. The van der Waals surface area contributed by atoms with Gasteiger partial charge in [-0.1, -0.05) is 11.6 Å². The molecule has 3 nitrogen and oxygen atoms in total. The Morgan fingerprint density at radius 3 is 2.54 bits per heavy atom. The fraction of sp³-hybridized carbons (Fsp3) is 0.556. The van der Waals surface area contributed by atoms with Crippen LogP contribution in [-0.2, 0) is 0 Å². The lowest BCUT2D eigenvalue weighted by Gasteiger charge is -2.19. The summed E-state index contributed by atoms with van der Waals surface area (Å²) < 4.78 is 0. The molecule has 0 atom stereocenters. The van der Waals surface area contributed by atoms with Gasteiger partial charge in [-0.3, -0.25) is 0 Å². The van der Waals surface area contributed by atoms with Gasteiger partial charge >= 0.3 is 0 Å². The van der Waals surface area contributed by atoms with E-state index in [0.717, 1.165) is 12.5 Å². The van der Waals surface area contributed by atoms with Crippen LogP contribution in [0.4, 0.5) is 5.95 Å². The molecular formula is C9H12ClN3. The second kappa shape index (κ2) is 3.50. The van der Waals surface area contributed by atoms with Crippen molar-refractivity contribution in [2.45, 2.75) is 25.8 Å². The fourth-order valence-electron chi connectivity index (χ4n) is 1.40. The van der Waals surface area contributed by atoms with Crippen molar-refractivity contribution in [3.63, 3.8) is 0 Å². The summed E-state index contributed by atoms with van der Waals surface area (Å²) in [5, 5.41) is 0.593. The zero-order valence-corrected chi connectivity index (χ0v) is 8.33. The van der Waals surface area contributed by atoms with Crippen molar-refractivity contribution in [2.24, 2.45) is 0 Å². The van der Waals surface area contributed by atoms with Gasteiger partial charge in [0.15, 0.2) is 0 Å². The zero-order valence-electron chi connectivity index (χ0n) is 7.57. The molecule has 0 N–H and O–H groups in total. The van der Waals surface area contributed by atoms with E-state index in [1.54, 1.807) is 12.4 Å². The van der Waals surface area contributed by atoms with Crippen LogP contribution in [0.5, 0.6) is 0 Å². The highest BCUT2D eigenvalue weighted by Crippen LogP contribution is 2.29. The van der Waals surface area contributed by atoms with Gasteiger partial charge in [0.25, 0.3) is 0 Å². The molecule has 0 unspecified atom stereocenters. The Bertz CT molecular complexity index is 281. The summed E-state index contributed by atoms with van der Waals surface area (Å²) in [6.07, 6.45) is 5.82. The third kappa shape index (κ3) is 1.91. The van der Waals surface area contributed by atoms with Gasteiger partial charge in [0.1, 0.15) is 0 Å². The molecular weight excluding hydrogens is 186 g/mol. The second-order valence-corrected chi connectivity index (χ2v) is 3.65. The van der Waals surface area contributed by atoms with Crippen LogP contribution in [0, 0.1) is 0 Å². The molecule has 1 aliphatic carbocycles. The molecule has 2 rings (SSSR count). The molecule has 0 amide bonds. The van der Waals surface area contributed by atoms with Crippen molar-refractivity contribution >= 4 is 17.5 Å². The number of aromatic nitrogens is 2. The van der Waals surface area contributed by atoms with Crippen LogP contribution < -0.4 is 4.90 Å². The maximum absolute atomic E-state index is 5.71. The highest BCUT2D eigenvalue weighted by Gasteiger charge is 2.29. The third-order valence-corrected chi connectivity index (χ3v) is 2.39. The van der Waals surface area contributed by atoms with Crippen molar-refractivity contribution in [1.29, 1.82) is 0 Å². The summed E-state index contributed by atoms with van der Waals surface area (Å²) in [5.41, 5.74) is 0. The number of hydrogen-bond acceptors (Lipinski definition) is 3. The van der Waals surface area contributed by atoms with Crippen molar-refractivity contribution in [3.8, 4) is 0 Å². The minimum Gasteiger partial charge on any atom is -0.338 e. The summed E-state index contributed by atoms with van der Waals surface area (Å²) in [7, 11) is 0. The highest BCUT2D eigenvalue weighted by molar-refractivity contribution is 6.30. The Morgan fingerprint density at radius 2 is 2.08 bits per heavy atom. The van der Waals surface area contributed by atoms with Gasteiger partial charge in [0.2, 0.25) is 5.95 Å². The molecule has 0 bridgehead atoms. The lowest BCUT2D eigenvalue weighted by atomic mass is 10.5. The number of anilines is 1. The van der Waals surface area contributed by atoms with E-state index in [0.29, 0.717) is 11.1 Å². The van der Waals surface area contributed by atoms with E-state index in [9.17, 15) is 0 Å². The zero-order chi connectivity index (χ0) is 9.26. The topological polar surface area (TPSA) is 29.0 Å². The SMILES string of the molecule is CCN(c1ncc(Cl)cn1)C1CC1. The fourth-order valence-corrected chi connectivity index (χ4v) is 1.50. The smallest absolute Gasteiger partial charge is 0.225 e. The largest absolute Gasteiger partial charge is 0.338 e. The van der Waals surface area contributed by atoms with E-state index in [2.05, 4.69) is 21.8 Å². The van der Waals surface area contributed by atoms with Gasteiger partial charge in [-0.25, -0.2) is 9.97 Å². The van der Waals surface area contributed by atoms with Gasteiger partial charge in [-0.2, -0.15) is 0 Å². The van der Waals surface area contributed by atoms with Gasteiger partial charge in [-0.05, 0) is 19.8 Å². The van der Waals surface area contributed by atoms with E-state index in [4.69, 9.17) is 11.6 Å². The van der Waals surface area contributed by atoms with Crippen molar-refractivity contribution in [1.82, 2.24) is 9.97 Å². The predicted octanol–water partition coefficient (Wildman–Crippen LogP) is 2.12. The Morgan fingerprint density at radius 1 is 1.46 bits per heavy atom. The first kappa shape index (κ1) is 8.75. The van der Waals surface area contributed by atoms with Crippen LogP contribution in [-0.4, -0.2) is 22.6 Å². The number of halogens is 1. The number of hydrogen-bond donors (Lipinski definition) is 0. The molecule has 1 heterocycles. The Labute approximate surface area is 82.8 Å². The molecule has 1 aromatic heterocycles. The molecule has 4 heteroatoms. The van der Waals surface area contributed by atoms with E-state index >= 15 is 0 Å². The highest BCUT2D eigenvalue weighted by atomic mass is 35.5. The molecule has 13 heavy (non-hydrogen) atoms. The number of nitrogens with zero attached hydrogens (tertiary/aromatic N) is 3. The lowest BCUT2D eigenvalue weighted by Crippen LogP contribution is -2.26. The average molecular weight is 198 g/mol. The van der Waals surface area contributed by atoms with Gasteiger partial charge in [0.05, 0.1) is 17.4 Å². The molecule has 1 saturated carbocycles. The summed E-state index contributed by atoms with van der Waals surface area (Å²) >= 11 is 5.71. The molecule has 0 saturated heterocycles. The van der Waals surface area contributed by atoms with E-state index in [1.165, 1.54) is 12.8 Å². The minimum atomic E-state index is 0.593. The Balaban J connectivity index is 2.17. The van der Waals surface area contributed by atoms with Gasteiger partial charge in [0, 0.05) is 12.6 Å². The summed E-state index contributed by atoms with van der Waals surface area (Å²) in [5.74, 6) is 0.800. The predicted molar refractivity (Wildman–Crippen MR) is 53.1 cm³/mol. The number of rotatable bonds is 3. The molecule has 1 fully saturated rings. The maximum Gasteiger partial charge on any atom is 0.225 e. The molecule has 0 spiro atoms. The van der Waals surface area contributed by atoms with E-state index < -0.39 is 0 Å². The van der Waals surface area contributed by atoms with Crippen LogP contribution in [0.1, 0.15) is 19.8 Å². The van der Waals surface area contributed by atoms with Gasteiger partial charge < -0.3 is 4.90 Å². The molecule has 70 valence electrons. The quantitative estimate of drug-likeness (QED) is 0.744. The molecule has 0 aliphatic heterocycles. The normalized spacial score (nSPS) is 15.8.